The van der Waals surface area contributed by atoms with Gasteiger partial charge in [0.15, 0.2) is 0 Å². The lowest BCUT2D eigenvalue weighted by Gasteiger charge is -2.24. The minimum absolute atomic E-state index is 0.0121. The van der Waals surface area contributed by atoms with Gasteiger partial charge in [0, 0.05) is 35.7 Å². The molecule has 12 heteroatoms. The van der Waals surface area contributed by atoms with Crippen LogP contribution in [0.2, 0.25) is 0 Å². The van der Waals surface area contributed by atoms with Crippen molar-refractivity contribution in [2.45, 2.75) is 37.3 Å². The van der Waals surface area contributed by atoms with Crippen LogP contribution in [0.3, 0.4) is 0 Å². The Kier molecular flexibility index (Phi) is 9.21. The summed E-state index contributed by atoms with van der Waals surface area (Å²) in [6, 6.07) is 4.91. The van der Waals surface area contributed by atoms with E-state index < -0.39 is 23.0 Å². The van der Waals surface area contributed by atoms with E-state index in [1.54, 1.807) is 4.90 Å². The molecule has 0 aromatic heterocycles. The molecule has 1 aromatic rings. The van der Waals surface area contributed by atoms with Gasteiger partial charge in [-0.15, -0.1) is 11.8 Å². The maximum Gasteiger partial charge on any atom is 0.410 e. The molecule has 3 atom stereocenters. The molecule has 2 amide bonds. The monoisotopic (exact) mass is 459 g/mol. The molecule has 1 fully saturated rings. The average molecular weight is 460 g/mol. The van der Waals surface area contributed by atoms with Crippen LogP contribution in [0.5, 0.6) is 0 Å². The molecule has 0 saturated carbocycles. The quantitative estimate of drug-likeness (QED) is 0.221. The molecule has 30 heavy (non-hydrogen) atoms. The van der Waals surface area contributed by atoms with Crippen molar-refractivity contribution in [2.75, 3.05) is 24.7 Å². The van der Waals surface area contributed by atoms with Gasteiger partial charge in [-0.3, -0.25) is 20.1 Å². The van der Waals surface area contributed by atoms with Crippen molar-refractivity contribution in [3.8, 4) is 0 Å². The molecule has 1 aliphatic rings. The molecular weight excluding hydrogens is 434 g/mol. The summed E-state index contributed by atoms with van der Waals surface area (Å²) in [5.41, 5.74) is 0.595. The lowest BCUT2D eigenvalue weighted by Crippen LogP contribution is -2.40. The molecule has 3 unspecified atom stereocenters. The number of non-ortho nitro benzene ring substituents is 1. The molecule has 1 saturated heterocycles. The number of rotatable bonds is 9. The number of thioether (sulfide) groups is 1. The van der Waals surface area contributed by atoms with E-state index in [2.05, 4.69) is 12.6 Å². The number of hydroxylamine groups is 2. The highest BCUT2D eigenvalue weighted by atomic mass is 32.2. The van der Waals surface area contributed by atoms with Gasteiger partial charge in [0.25, 0.3) is 11.6 Å². The zero-order valence-corrected chi connectivity index (χ0v) is 18.1. The second-order valence-corrected chi connectivity index (χ2v) is 8.72. The molecular formula is C18H25N3O7S2. The van der Waals surface area contributed by atoms with Crippen molar-refractivity contribution >= 4 is 42.1 Å². The number of ether oxygens (including phenoxy) is 1. The van der Waals surface area contributed by atoms with Crippen LogP contribution < -0.4 is 0 Å². The number of thiol groups is 1. The molecule has 0 aliphatic carbocycles. The fraction of sp³-hybridized carbons (Fsp3) is 0.556. The van der Waals surface area contributed by atoms with Crippen LogP contribution in [0.1, 0.15) is 18.9 Å². The first kappa shape index (κ1) is 24.3. The first-order chi connectivity index (χ1) is 14.2. The summed E-state index contributed by atoms with van der Waals surface area (Å²) in [4.78, 5) is 36.1. The standard InChI is InChI=1S/C18H25N3O7S2/c1-12(8-22)20(25)17(23)11-30-10-15-6-16(29)7-19(15)18(24)28-9-13-2-4-14(5-3-13)21(26)27/h2-5,12,15-16,22,25,29H,6-11H2,1H3. The number of nitro benzene ring substituents is 1. The number of hydrogen-bond acceptors (Lipinski definition) is 9. The zero-order chi connectivity index (χ0) is 22.3. The van der Waals surface area contributed by atoms with Crippen molar-refractivity contribution in [2.24, 2.45) is 0 Å². The van der Waals surface area contributed by atoms with Crippen molar-refractivity contribution in [1.82, 2.24) is 9.96 Å². The minimum atomic E-state index is -0.683. The van der Waals surface area contributed by atoms with Gasteiger partial charge in [-0.05, 0) is 31.0 Å². The summed E-state index contributed by atoms with van der Waals surface area (Å²) in [6.07, 6.45) is 0.131. The maximum absolute atomic E-state index is 12.5. The second kappa shape index (κ2) is 11.4. The van der Waals surface area contributed by atoms with Gasteiger partial charge in [-0.25, -0.2) is 9.86 Å². The van der Waals surface area contributed by atoms with Crippen LogP contribution in [-0.4, -0.2) is 79.2 Å². The Morgan fingerprint density at radius 3 is 2.70 bits per heavy atom. The highest BCUT2D eigenvalue weighted by Crippen LogP contribution is 2.26. The smallest absolute Gasteiger partial charge is 0.410 e. The van der Waals surface area contributed by atoms with E-state index in [9.17, 15) is 24.9 Å². The SMILES string of the molecule is CC(CO)N(O)C(=O)CSCC1CC(S)CN1C(=O)OCc1ccc([N+](=O)[O-])cc1. The molecule has 0 radical (unpaired) electrons. The number of likely N-dealkylation sites (tertiary alicyclic amines) is 1. The highest BCUT2D eigenvalue weighted by molar-refractivity contribution is 8.00. The van der Waals surface area contributed by atoms with Crippen LogP contribution in [0.15, 0.2) is 24.3 Å². The van der Waals surface area contributed by atoms with Gasteiger partial charge in [0.05, 0.1) is 23.3 Å². The van der Waals surface area contributed by atoms with Crippen molar-refractivity contribution in [3.05, 3.63) is 39.9 Å². The molecule has 10 nitrogen and oxygen atoms in total. The fourth-order valence-corrected chi connectivity index (χ4v) is 4.32. The summed E-state index contributed by atoms with van der Waals surface area (Å²) in [6.45, 7) is 1.58. The minimum Gasteiger partial charge on any atom is -0.445 e. The highest BCUT2D eigenvalue weighted by Gasteiger charge is 2.34. The number of hydrogen-bond donors (Lipinski definition) is 3. The summed E-state index contributed by atoms with van der Waals surface area (Å²) >= 11 is 5.72. The van der Waals surface area contributed by atoms with Crippen LogP contribution in [0.25, 0.3) is 0 Å². The Labute approximate surface area is 183 Å². The van der Waals surface area contributed by atoms with E-state index in [0.717, 1.165) is 0 Å². The normalized spacial score (nSPS) is 19.4. The average Bonchev–Trinajstić information content (AvgIpc) is 3.11. The zero-order valence-electron chi connectivity index (χ0n) is 16.4. The third-order valence-electron chi connectivity index (χ3n) is 4.61. The van der Waals surface area contributed by atoms with Crippen LogP contribution >= 0.6 is 24.4 Å². The number of carbonyl (C=O) groups is 2. The Balaban J connectivity index is 1.83. The lowest BCUT2D eigenvalue weighted by molar-refractivity contribution is -0.384. The third kappa shape index (κ3) is 6.76. The van der Waals surface area contributed by atoms with E-state index in [0.29, 0.717) is 29.3 Å². The molecule has 1 aliphatic heterocycles. The summed E-state index contributed by atoms with van der Waals surface area (Å²) in [5.74, 6) is -0.0360. The van der Waals surface area contributed by atoms with Crippen LogP contribution in [0.4, 0.5) is 10.5 Å². The lowest BCUT2D eigenvalue weighted by atomic mass is 10.2. The van der Waals surface area contributed by atoms with E-state index in [1.807, 2.05) is 0 Å². The molecule has 1 aromatic carbocycles. The molecule has 1 heterocycles. The molecule has 166 valence electrons. The number of nitro groups is 1. The van der Waals surface area contributed by atoms with Gasteiger partial charge in [0.1, 0.15) is 6.61 Å². The van der Waals surface area contributed by atoms with Gasteiger partial charge in [-0.2, -0.15) is 12.6 Å². The Morgan fingerprint density at radius 1 is 1.43 bits per heavy atom. The van der Waals surface area contributed by atoms with Gasteiger partial charge >= 0.3 is 6.09 Å². The first-order valence-electron chi connectivity index (χ1n) is 9.27. The van der Waals surface area contributed by atoms with Crippen molar-refractivity contribution < 1.29 is 29.6 Å². The van der Waals surface area contributed by atoms with E-state index in [-0.39, 0.29) is 35.9 Å². The van der Waals surface area contributed by atoms with Gasteiger partial charge in [0.2, 0.25) is 0 Å². The number of benzene rings is 1. The summed E-state index contributed by atoms with van der Waals surface area (Å²) in [5, 5.41) is 29.8. The summed E-state index contributed by atoms with van der Waals surface area (Å²) < 4.78 is 5.33. The molecule has 0 bridgehead atoms. The number of carbonyl (C=O) groups excluding carboxylic acids is 2. The summed E-state index contributed by atoms with van der Waals surface area (Å²) in [7, 11) is 0. The predicted molar refractivity (Wildman–Crippen MR) is 114 cm³/mol. The fourth-order valence-electron chi connectivity index (χ4n) is 2.89. The Hall–Kier alpha value is -2.02. The Bertz CT molecular complexity index is 750. The maximum atomic E-state index is 12.5. The predicted octanol–water partition coefficient (Wildman–Crippen LogP) is 1.94. The Morgan fingerprint density at radius 2 is 2.10 bits per heavy atom. The van der Waals surface area contributed by atoms with Crippen molar-refractivity contribution in [3.63, 3.8) is 0 Å². The third-order valence-corrected chi connectivity index (χ3v) is 6.06. The number of aliphatic hydroxyl groups excluding tert-OH is 1. The topological polar surface area (TPSA) is 133 Å². The van der Waals surface area contributed by atoms with Crippen LogP contribution in [-0.2, 0) is 16.1 Å². The molecule has 2 rings (SSSR count). The van der Waals surface area contributed by atoms with E-state index in [1.165, 1.54) is 43.0 Å². The number of nitrogens with zero attached hydrogens (tertiary/aromatic N) is 3. The van der Waals surface area contributed by atoms with E-state index >= 15 is 0 Å². The van der Waals surface area contributed by atoms with Crippen molar-refractivity contribution in [1.29, 1.82) is 0 Å². The van der Waals surface area contributed by atoms with Gasteiger partial charge in [-0.1, -0.05) is 0 Å². The van der Waals surface area contributed by atoms with Crippen LogP contribution in [0, 0.1) is 10.1 Å². The van der Waals surface area contributed by atoms with Gasteiger partial charge < -0.3 is 14.7 Å². The largest absolute Gasteiger partial charge is 0.445 e. The number of amides is 2. The first-order valence-corrected chi connectivity index (χ1v) is 10.9. The molecule has 2 N–H and O–H groups in total. The number of aliphatic hydroxyl groups is 1. The van der Waals surface area contributed by atoms with E-state index in [4.69, 9.17) is 9.84 Å². The molecule has 0 spiro atoms. The second-order valence-electron chi connectivity index (χ2n) is 6.96.